The third-order valence-electron chi connectivity index (χ3n) is 3.86. The van der Waals surface area contributed by atoms with Gasteiger partial charge in [-0.25, -0.2) is 4.79 Å². The summed E-state index contributed by atoms with van der Waals surface area (Å²) in [5, 5.41) is 2.68. The highest BCUT2D eigenvalue weighted by molar-refractivity contribution is 5.96. The highest BCUT2D eigenvalue weighted by Gasteiger charge is 2.43. The van der Waals surface area contributed by atoms with E-state index in [2.05, 4.69) is 5.32 Å². The molecule has 0 heterocycles. The molecule has 1 amide bonds. The quantitative estimate of drug-likeness (QED) is 0.471. The highest BCUT2D eigenvalue weighted by atomic mass is 16.6. The molecule has 1 aliphatic rings. The van der Waals surface area contributed by atoms with E-state index in [0.717, 1.165) is 25.7 Å². The number of hydrogen-bond acceptors (Lipinski definition) is 6. The molecule has 1 rings (SSSR count). The van der Waals surface area contributed by atoms with Crippen LogP contribution in [0.1, 0.15) is 46.5 Å². The average molecular weight is 329 g/mol. The van der Waals surface area contributed by atoms with Crippen LogP contribution in [-0.2, 0) is 23.8 Å². The number of methoxy groups -OCH3 is 2. The van der Waals surface area contributed by atoms with Crippen LogP contribution in [0.15, 0.2) is 0 Å². The minimum Gasteiger partial charge on any atom is -0.468 e. The van der Waals surface area contributed by atoms with E-state index in [1.165, 1.54) is 14.2 Å². The second-order valence-corrected chi connectivity index (χ2v) is 6.74. The van der Waals surface area contributed by atoms with Crippen molar-refractivity contribution in [3.8, 4) is 0 Å². The van der Waals surface area contributed by atoms with Crippen LogP contribution in [0.4, 0.5) is 4.79 Å². The Hall–Kier alpha value is -1.79. The van der Waals surface area contributed by atoms with Gasteiger partial charge < -0.3 is 19.5 Å². The summed E-state index contributed by atoms with van der Waals surface area (Å²) in [7, 11) is 2.41. The molecule has 0 aromatic rings. The lowest BCUT2D eigenvalue weighted by molar-refractivity contribution is -0.161. The summed E-state index contributed by atoms with van der Waals surface area (Å²) in [4.78, 5) is 36.2. The first-order valence-corrected chi connectivity index (χ1v) is 7.84. The molecule has 1 N–H and O–H groups in total. The van der Waals surface area contributed by atoms with Gasteiger partial charge in [0.15, 0.2) is 5.92 Å². The zero-order valence-electron chi connectivity index (χ0n) is 14.5. The van der Waals surface area contributed by atoms with Gasteiger partial charge in [0.05, 0.1) is 20.3 Å². The Morgan fingerprint density at radius 3 is 1.87 bits per heavy atom. The molecule has 0 saturated heterocycles. The second-order valence-electron chi connectivity index (χ2n) is 6.74. The molecule has 1 saturated carbocycles. The van der Waals surface area contributed by atoms with Crippen molar-refractivity contribution in [1.29, 1.82) is 0 Å². The lowest BCUT2D eigenvalue weighted by Crippen LogP contribution is -2.52. The van der Waals surface area contributed by atoms with Gasteiger partial charge in [-0.2, -0.15) is 0 Å². The number of carbonyl (C=O) groups excluding carboxylic acids is 3. The van der Waals surface area contributed by atoms with Crippen LogP contribution in [-0.4, -0.2) is 43.9 Å². The van der Waals surface area contributed by atoms with Crippen molar-refractivity contribution in [2.75, 3.05) is 14.2 Å². The summed E-state index contributed by atoms with van der Waals surface area (Å²) in [6.07, 6.45) is 2.97. The Morgan fingerprint density at radius 2 is 1.48 bits per heavy atom. The van der Waals surface area contributed by atoms with Crippen LogP contribution in [0.2, 0.25) is 0 Å². The Balaban J connectivity index is 2.99. The number of esters is 2. The van der Waals surface area contributed by atoms with Crippen LogP contribution in [0, 0.1) is 11.8 Å². The monoisotopic (exact) mass is 329 g/mol. The summed E-state index contributed by atoms with van der Waals surface area (Å²) < 4.78 is 14.7. The highest BCUT2D eigenvalue weighted by Crippen LogP contribution is 2.32. The van der Waals surface area contributed by atoms with E-state index in [4.69, 9.17) is 14.2 Å². The third-order valence-corrected chi connectivity index (χ3v) is 3.86. The minimum absolute atomic E-state index is 0.00529. The first-order valence-electron chi connectivity index (χ1n) is 7.84. The van der Waals surface area contributed by atoms with E-state index in [0.29, 0.717) is 0 Å². The number of amides is 1. The van der Waals surface area contributed by atoms with Gasteiger partial charge in [0, 0.05) is 0 Å². The SMILES string of the molecule is COC(=O)C(C(=O)OC)[C@H](NC(=O)OC(C)(C)C)C1CCCC1. The molecule has 0 radical (unpaired) electrons. The maximum Gasteiger partial charge on any atom is 0.407 e. The maximum atomic E-state index is 12.1. The van der Waals surface area contributed by atoms with Crippen molar-refractivity contribution in [3.05, 3.63) is 0 Å². The van der Waals surface area contributed by atoms with E-state index >= 15 is 0 Å². The molecule has 132 valence electrons. The molecule has 1 atom stereocenters. The first-order chi connectivity index (χ1) is 10.7. The van der Waals surface area contributed by atoms with Gasteiger partial charge in [-0.05, 0) is 39.5 Å². The maximum absolute atomic E-state index is 12.1. The summed E-state index contributed by atoms with van der Waals surface area (Å²) in [5.74, 6) is -2.62. The molecule has 23 heavy (non-hydrogen) atoms. The topological polar surface area (TPSA) is 90.9 Å². The number of nitrogens with one attached hydrogen (secondary N) is 1. The lowest BCUT2D eigenvalue weighted by atomic mass is 9.87. The van der Waals surface area contributed by atoms with Gasteiger partial charge in [-0.1, -0.05) is 12.8 Å². The molecular formula is C16H27NO6. The third kappa shape index (κ3) is 5.73. The van der Waals surface area contributed by atoms with E-state index in [1.807, 2.05) is 0 Å². The predicted octanol–water partition coefficient (Wildman–Crippen LogP) is 2.03. The standard InChI is InChI=1S/C16H27NO6/c1-16(2,3)23-15(20)17-12(10-8-6-7-9-10)11(13(18)21-4)14(19)22-5/h10-12H,6-9H2,1-5H3,(H,17,20)/t12-/m1/s1. The number of ether oxygens (including phenoxy) is 3. The lowest BCUT2D eigenvalue weighted by Gasteiger charge is -2.30. The Kier molecular flexibility index (Phi) is 6.84. The average Bonchev–Trinajstić information content (AvgIpc) is 2.97. The molecule has 0 bridgehead atoms. The normalized spacial score (nSPS) is 16.8. The zero-order chi connectivity index (χ0) is 17.6. The van der Waals surface area contributed by atoms with Crippen LogP contribution in [0.5, 0.6) is 0 Å². The van der Waals surface area contributed by atoms with E-state index in [1.54, 1.807) is 20.8 Å². The van der Waals surface area contributed by atoms with Crippen LogP contribution < -0.4 is 5.32 Å². The summed E-state index contributed by atoms with van der Waals surface area (Å²) >= 11 is 0. The van der Waals surface area contributed by atoms with Crippen LogP contribution >= 0.6 is 0 Å². The summed E-state index contributed by atoms with van der Waals surface area (Å²) in [5.41, 5.74) is -0.670. The van der Waals surface area contributed by atoms with Gasteiger partial charge in [0.2, 0.25) is 0 Å². The molecule has 0 unspecified atom stereocenters. The number of hydrogen-bond donors (Lipinski definition) is 1. The van der Waals surface area contributed by atoms with Crippen molar-refractivity contribution in [1.82, 2.24) is 5.32 Å². The van der Waals surface area contributed by atoms with Crippen LogP contribution in [0.25, 0.3) is 0 Å². The molecule has 7 nitrogen and oxygen atoms in total. The van der Waals surface area contributed by atoms with Crippen molar-refractivity contribution in [2.45, 2.75) is 58.1 Å². The van der Waals surface area contributed by atoms with Gasteiger partial charge in [-0.15, -0.1) is 0 Å². The number of alkyl carbamates (subject to hydrolysis) is 1. The smallest absolute Gasteiger partial charge is 0.407 e. The van der Waals surface area contributed by atoms with Crippen molar-refractivity contribution in [3.63, 3.8) is 0 Å². The second kappa shape index (κ2) is 8.17. The Labute approximate surface area is 137 Å². The van der Waals surface area contributed by atoms with Gasteiger partial charge in [0.1, 0.15) is 5.60 Å². The van der Waals surface area contributed by atoms with Crippen LogP contribution in [0.3, 0.4) is 0 Å². The fraction of sp³-hybridized carbons (Fsp3) is 0.812. The van der Waals surface area contributed by atoms with Crippen molar-refractivity contribution in [2.24, 2.45) is 11.8 Å². The predicted molar refractivity (Wildman–Crippen MR) is 82.6 cm³/mol. The minimum atomic E-state index is -1.19. The molecular weight excluding hydrogens is 302 g/mol. The Bertz CT molecular complexity index is 420. The molecule has 1 fully saturated rings. The molecule has 0 aromatic heterocycles. The van der Waals surface area contributed by atoms with E-state index in [9.17, 15) is 14.4 Å². The molecule has 0 aliphatic heterocycles. The van der Waals surface area contributed by atoms with E-state index < -0.39 is 35.6 Å². The molecule has 7 heteroatoms. The fourth-order valence-electron chi connectivity index (χ4n) is 2.88. The molecule has 0 aromatic carbocycles. The van der Waals surface area contributed by atoms with Gasteiger partial charge in [-0.3, -0.25) is 9.59 Å². The van der Waals surface area contributed by atoms with Gasteiger partial charge in [0.25, 0.3) is 0 Å². The zero-order valence-corrected chi connectivity index (χ0v) is 14.5. The first kappa shape index (κ1) is 19.3. The number of carbonyl (C=O) groups is 3. The molecule has 0 spiro atoms. The summed E-state index contributed by atoms with van der Waals surface area (Å²) in [6.45, 7) is 5.24. The van der Waals surface area contributed by atoms with Gasteiger partial charge >= 0.3 is 18.0 Å². The fourth-order valence-corrected chi connectivity index (χ4v) is 2.88. The number of rotatable bonds is 5. The van der Waals surface area contributed by atoms with Crippen molar-refractivity contribution < 1.29 is 28.6 Å². The summed E-state index contributed by atoms with van der Waals surface area (Å²) in [6, 6.07) is -0.702. The van der Waals surface area contributed by atoms with Crippen molar-refractivity contribution >= 4 is 18.0 Å². The largest absolute Gasteiger partial charge is 0.468 e. The Morgan fingerprint density at radius 1 is 1.00 bits per heavy atom. The van der Waals surface area contributed by atoms with E-state index in [-0.39, 0.29) is 5.92 Å². The molecule has 1 aliphatic carbocycles.